The first-order valence-electron chi connectivity index (χ1n) is 9.01. The summed E-state index contributed by atoms with van der Waals surface area (Å²) in [5, 5.41) is 9.62. The van der Waals surface area contributed by atoms with E-state index >= 15 is 0 Å². The Bertz CT molecular complexity index is 637. The molecule has 0 aromatic heterocycles. The van der Waals surface area contributed by atoms with Crippen LogP contribution in [0, 0.1) is 18.7 Å². The van der Waals surface area contributed by atoms with Crippen LogP contribution in [0.5, 0.6) is 0 Å². The van der Waals surface area contributed by atoms with Gasteiger partial charge in [-0.2, -0.15) is 0 Å². The first kappa shape index (κ1) is 18.1. The number of carboxylic acid groups (broad SMARTS) is 1. The van der Waals surface area contributed by atoms with Crippen molar-refractivity contribution in [1.29, 1.82) is 0 Å². The van der Waals surface area contributed by atoms with Crippen molar-refractivity contribution in [3.63, 3.8) is 0 Å². The van der Waals surface area contributed by atoms with Crippen molar-refractivity contribution in [3.05, 3.63) is 35.1 Å². The fraction of sp³-hybridized carbons (Fsp3) is 0.632. The third-order valence-corrected chi connectivity index (χ3v) is 5.79. The minimum absolute atomic E-state index is 0.184. The molecule has 1 aromatic carbocycles. The number of nitrogens with zero attached hydrogens (tertiary/aromatic N) is 3. The summed E-state index contributed by atoms with van der Waals surface area (Å²) in [4.78, 5) is 18.0. The number of likely N-dealkylation sites (N-methyl/N-ethyl adjacent to an activating group) is 1. The van der Waals surface area contributed by atoms with Gasteiger partial charge in [-0.05, 0) is 69.6 Å². The van der Waals surface area contributed by atoms with Crippen LogP contribution in [0.15, 0.2) is 18.2 Å². The lowest BCUT2D eigenvalue weighted by Gasteiger charge is -2.30. The van der Waals surface area contributed by atoms with Gasteiger partial charge in [0.25, 0.3) is 0 Å². The first-order chi connectivity index (χ1) is 11.9. The molecule has 1 N–H and O–H groups in total. The number of halogens is 1. The molecule has 2 heterocycles. The van der Waals surface area contributed by atoms with Crippen molar-refractivity contribution in [2.24, 2.45) is 5.92 Å². The lowest BCUT2D eigenvalue weighted by molar-refractivity contribution is 0.129. The van der Waals surface area contributed by atoms with E-state index in [2.05, 4.69) is 23.9 Å². The summed E-state index contributed by atoms with van der Waals surface area (Å²) in [6.45, 7) is 5.40. The van der Waals surface area contributed by atoms with Crippen LogP contribution in [0.25, 0.3) is 0 Å². The van der Waals surface area contributed by atoms with E-state index < -0.39 is 6.09 Å². The Morgan fingerprint density at radius 1 is 1.32 bits per heavy atom. The Morgan fingerprint density at radius 3 is 2.68 bits per heavy atom. The maximum absolute atomic E-state index is 13.5. The number of benzene rings is 1. The highest BCUT2D eigenvalue weighted by atomic mass is 19.1. The summed E-state index contributed by atoms with van der Waals surface area (Å²) >= 11 is 0. The monoisotopic (exact) mass is 349 g/mol. The Balaban J connectivity index is 1.79. The van der Waals surface area contributed by atoms with Crippen molar-refractivity contribution in [3.8, 4) is 0 Å². The zero-order valence-electron chi connectivity index (χ0n) is 15.3. The van der Waals surface area contributed by atoms with Crippen LogP contribution >= 0.6 is 0 Å². The maximum Gasteiger partial charge on any atom is 0.407 e. The zero-order chi connectivity index (χ0) is 18.1. The number of aryl methyl sites for hydroxylation is 1. The van der Waals surface area contributed by atoms with Crippen LogP contribution in [0.4, 0.5) is 9.18 Å². The second kappa shape index (κ2) is 7.30. The zero-order valence-corrected chi connectivity index (χ0v) is 15.3. The van der Waals surface area contributed by atoms with E-state index in [9.17, 15) is 14.3 Å². The highest BCUT2D eigenvalue weighted by Crippen LogP contribution is 2.39. The van der Waals surface area contributed by atoms with Gasteiger partial charge in [0.05, 0.1) is 6.04 Å². The van der Waals surface area contributed by atoms with Gasteiger partial charge in [0.2, 0.25) is 0 Å². The van der Waals surface area contributed by atoms with Crippen LogP contribution in [0.1, 0.15) is 30.0 Å². The van der Waals surface area contributed by atoms with E-state index in [0.29, 0.717) is 12.6 Å². The Labute approximate surface area is 149 Å². The van der Waals surface area contributed by atoms with Gasteiger partial charge < -0.3 is 19.8 Å². The van der Waals surface area contributed by atoms with Gasteiger partial charge in [0.1, 0.15) is 5.82 Å². The van der Waals surface area contributed by atoms with E-state index in [1.807, 2.05) is 6.92 Å². The van der Waals surface area contributed by atoms with Crippen molar-refractivity contribution >= 4 is 6.09 Å². The molecule has 2 aliphatic rings. The molecular formula is C19H28FN3O2. The van der Waals surface area contributed by atoms with Crippen molar-refractivity contribution in [2.75, 3.05) is 40.3 Å². The predicted molar refractivity (Wildman–Crippen MR) is 95.2 cm³/mol. The molecule has 0 aliphatic carbocycles. The van der Waals surface area contributed by atoms with Gasteiger partial charge in [-0.3, -0.25) is 0 Å². The Morgan fingerprint density at radius 2 is 2.08 bits per heavy atom. The molecule has 1 aromatic rings. The number of rotatable bonds is 4. The number of hydrogen-bond donors (Lipinski definition) is 1. The second-order valence-corrected chi connectivity index (χ2v) is 7.64. The molecular weight excluding hydrogens is 321 g/mol. The predicted octanol–water partition coefficient (Wildman–Crippen LogP) is 2.81. The number of amides is 1. The molecule has 25 heavy (non-hydrogen) atoms. The molecule has 2 fully saturated rings. The Hall–Kier alpha value is -1.66. The van der Waals surface area contributed by atoms with E-state index in [1.54, 1.807) is 6.07 Å². The van der Waals surface area contributed by atoms with E-state index in [-0.39, 0.29) is 17.8 Å². The van der Waals surface area contributed by atoms with Crippen LogP contribution in [-0.2, 0) is 0 Å². The fourth-order valence-electron chi connectivity index (χ4n) is 4.39. The standard InChI is InChI=1S/C19H28FN3O2/c1-13-10-15(20)4-5-17(13)18-14(6-9-23(18)19(24)25)11-22-8-7-16(12-22)21(2)3/h4-5,10,14,16,18H,6-9,11-12H2,1-3H3,(H,24,25)/t14?,16-,18?/m1/s1. The number of carbonyl (C=O) groups is 1. The quantitative estimate of drug-likeness (QED) is 0.908. The molecule has 6 heteroatoms. The van der Waals surface area contributed by atoms with Crippen molar-refractivity contribution < 1.29 is 14.3 Å². The SMILES string of the molecule is Cc1cc(F)ccc1C1C(CN2CC[C@@H](N(C)C)C2)CCN1C(=O)O. The molecule has 5 nitrogen and oxygen atoms in total. The molecule has 3 rings (SSSR count). The summed E-state index contributed by atoms with van der Waals surface area (Å²) < 4.78 is 13.5. The topological polar surface area (TPSA) is 47.0 Å². The minimum Gasteiger partial charge on any atom is -0.465 e. The molecule has 2 aliphatic heterocycles. The minimum atomic E-state index is -0.885. The highest BCUT2D eigenvalue weighted by molar-refractivity contribution is 5.66. The van der Waals surface area contributed by atoms with Gasteiger partial charge in [-0.15, -0.1) is 0 Å². The molecule has 2 unspecified atom stereocenters. The molecule has 2 saturated heterocycles. The van der Waals surface area contributed by atoms with Crippen LogP contribution in [-0.4, -0.2) is 72.2 Å². The molecule has 0 spiro atoms. The summed E-state index contributed by atoms with van der Waals surface area (Å²) in [6, 6.07) is 5.09. The van der Waals surface area contributed by atoms with Crippen LogP contribution in [0.2, 0.25) is 0 Å². The van der Waals surface area contributed by atoms with E-state index in [0.717, 1.165) is 43.6 Å². The fourth-order valence-corrected chi connectivity index (χ4v) is 4.39. The summed E-state index contributed by atoms with van der Waals surface area (Å²) in [6.07, 6.45) is 1.13. The normalized spacial score (nSPS) is 27.4. The van der Waals surface area contributed by atoms with Crippen molar-refractivity contribution in [1.82, 2.24) is 14.7 Å². The number of likely N-dealkylation sites (tertiary alicyclic amines) is 2. The van der Waals surface area contributed by atoms with E-state index in [4.69, 9.17) is 0 Å². The molecule has 1 amide bonds. The maximum atomic E-state index is 13.5. The second-order valence-electron chi connectivity index (χ2n) is 7.64. The smallest absolute Gasteiger partial charge is 0.407 e. The first-order valence-corrected chi connectivity index (χ1v) is 9.01. The van der Waals surface area contributed by atoms with Gasteiger partial charge >= 0.3 is 6.09 Å². The summed E-state index contributed by atoms with van der Waals surface area (Å²) in [5.74, 6) is -0.0211. The third-order valence-electron chi connectivity index (χ3n) is 5.79. The third kappa shape index (κ3) is 3.80. The van der Waals surface area contributed by atoms with Gasteiger partial charge in [0.15, 0.2) is 0 Å². The summed E-state index contributed by atoms with van der Waals surface area (Å²) in [5.41, 5.74) is 1.77. The van der Waals surface area contributed by atoms with Gasteiger partial charge in [-0.25, -0.2) is 9.18 Å². The molecule has 0 bridgehead atoms. The highest BCUT2D eigenvalue weighted by Gasteiger charge is 2.40. The largest absolute Gasteiger partial charge is 0.465 e. The summed E-state index contributed by atoms with van der Waals surface area (Å²) in [7, 11) is 4.22. The van der Waals surface area contributed by atoms with E-state index in [1.165, 1.54) is 17.0 Å². The Kier molecular flexibility index (Phi) is 5.29. The van der Waals surface area contributed by atoms with Gasteiger partial charge in [0, 0.05) is 25.7 Å². The molecule has 0 saturated carbocycles. The average molecular weight is 349 g/mol. The molecule has 138 valence electrons. The lowest BCUT2D eigenvalue weighted by atomic mass is 9.90. The average Bonchev–Trinajstić information content (AvgIpc) is 3.15. The molecule has 3 atom stereocenters. The van der Waals surface area contributed by atoms with Crippen molar-refractivity contribution in [2.45, 2.75) is 31.8 Å². The van der Waals surface area contributed by atoms with Crippen LogP contribution in [0.3, 0.4) is 0 Å². The van der Waals surface area contributed by atoms with Gasteiger partial charge in [-0.1, -0.05) is 6.07 Å². The lowest BCUT2D eigenvalue weighted by Crippen LogP contribution is -2.36. The molecule has 0 radical (unpaired) electrons. The number of hydrogen-bond acceptors (Lipinski definition) is 3. The van der Waals surface area contributed by atoms with Crippen LogP contribution < -0.4 is 0 Å².